The second-order valence-electron chi connectivity index (χ2n) is 3.96. The minimum absolute atomic E-state index is 0.0303. The molecule has 0 radical (unpaired) electrons. The van der Waals surface area contributed by atoms with Gasteiger partial charge in [0.05, 0.1) is 15.2 Å². The molecule has 2 N–H and O–H groups in total. The summed E-state index contributed by atoms with van der Waals surface area (Å²) in [4.78, 5) is 16.1. The van der Waals surface area contributed by atoms with Crippen LogP contribution in [0.25, 0.3) is 0 Å². The van der Waals surface area contributed by atoms with E-state index in [1.54, 1.807) is 24.3 Å². The average molecular weight is 415 g/mol. The van der Waals surface area contributed by atoms with Gasteiger partial charge in [0.15, 0.2) is 5.75 Å². The van der Waals surface area contributed by atoms with Crippen LogP contribution in [0.4, 0.5) is 0 Å². The molecule has 7 heteroatoms. The van der Waals surface area contributed by atoms with Crippen LogP contribution in [-0.2, 0) is 0 Å². The van der Waals surface area contributed by atoms with Crippen LogP contribution >= 0.6 is 31.9 Å². The number of carboxylic acids is 1. The predicted octanol–water partition coefficient (Wildman–Crippen LogP) is 4.03. The van der Waals surface area contributed by atoms with Gasteiger partial charge in [-0.1, -0.05) is 17.3 Å². The monoisotopic (exact) mass is 413 g/mol. The Bertz CT molecular complexity index is 693. The summed E-state index contributed by atoms with van der Waals surface area (Å²) in [5.74, 6) is -0.849. The number of benzene rings is 2. The van der Waals surface area contributed by atoms with Gasteiger partial charge in [-0.15, -0.1) is 0 Å². The van der Waals surface area contributed by atoms with E-state index in [-0.39, 0.29) is 17.1 Å². The summed E-state index contributed by atoms with van der Waals surface area (Å²) < 4.78 is 1.01. The highest BCUT2D eigenvalue weighted by Gasteiger charge is 2.10. The maximum Gasteiger partial charge on any atom is 0.339 e. The van der Waals surface area contributed by atoms with Crippen molar-refractivity contribution in [2.24, 2.45) is 5.16 Å². The second-order valence-corrected chi connectivity index (χ2v) is 5.67. The van der Waals surface area contributed by atoms with Crippen LogP contribution < -0.4 is 4.84 Å². The molecule has 0 amide bonds. The number of hydrogen-bond acceptors (Lipinski definition) is 4. The Balaban J connectivity index is 2.19. The maximum absolute atomic E-state index is 11.0. The summed E-state index contributed by atoms with van der Waals surface area (Å²) >= 11 is 6.41. The fraction of sp³-hybridized carbons (Fsp3) is 0. The summed E-state index contributed by atoms with van der Waals surface area (Å²) in [7, 11) is 0. The van der Waals surface area contributed by atoms with E-state index in [0.717, 1.165) is 0 Å². The van der Waals surface area contributed by atoms with Crippen molar-refractivity contribution < 1.29 is 19.8 Å². The van der Waals surface area contributed by atoms with E-state index in [4.69, 9.17) is 9.94 Å². The zero-order chi connectivity index (χ0) is 15.4. The Labute approximate surface area is 137 Å². The number of phenols is 1. The molecule has 5 nitrogen and oxygen atoms in total. The third kappa shape index (κ3) is 3.83. The van der Waals surface area contributed by atoms with Gasteiger partial charge in [-0.05, 0) is 61.7 Å². The molecule has 21 heavy (non-hydrogen) atoms. The molecule has 0 atom stereocenters. The highest BCUT2D eigenvalue weighted by atomic mass is 79.9. The molecule has 0 aliphatic heterocycles. The lowest BCUT2D eigenvalue weighted by atomic mass is 10.2. The molecule has 0 spiro atoms. The van der Waals surface area contributed by atoms with Crippen LogP contribution in [0, 0.1) is 0 Å². The first-order valence-electron chi connectivity index (χ1n) is 5.69. The summed E-state index contributed by atoms with van der Waals surface area (Å²) in [6, 6.07) is 9.51. The van der Waals surface area contributed by atoms with Gasteiger partial charge in [-0.2, -0.15) is 0 Å². The highest BCUT2D eigenvalue weighted by Crippen LogP contribution is 2.32. The topological polar surface area (TPSA) is 79.1 Å². The van der Waals surface area contributed by atoms with Gasteiger partial charge >= 0.3 is 5.97 Å². The van der Waals surface area contributed by atoms with E-state index in [9.17, 15) is 9.90 Å². The fourth-order valence-corrected chi connectivity index (χ4v) is 2.75. The molecule has 0 aliphatic carbocycles. The minimum Gasteiger partial charge on any atom is -0.506 e. The minimum atomic E-state index is -1.09. The standard InChI is InChI=1S/C14H9Br2NO4/c15-10-5-8(6-11(16)13(10)18)7-17-21-12-4-2-1-3-9(12)14(19)20/h1-7,18H,(H,19,20)/b17-7+. The molecule has 0 saturated carbocycles. The normalized spacial score (nSPS) is 10.8. The number of hydrogen-bond donors (Lipinski definition) is 2. The van der Waals surface area contributed by atoms with E-state index >= 15 is 0 Å². The number of oxime groups is 1. The first-order chi connectivity index (χ1) is 9.99. The Hall–Kier alpha value is -1.86. The van der Waals surface area contributed by atoms with Gasteiger partial charge in [0.1, 0.15) is 11.3 Å². The van der Waals surface area contributed by atoms with Crippen LogP contribution in [0.5, 0.6) is 11.5 Å². The molecule has 2 aromatic rings. The van der Waals surface area contributed by atoms with E-state index in [2.05, 4.69) is 37.0 Å². The second kappa shape index (κ2) is 6.73. The molecule has 0 heterocycles. The van der Waals surface area contributed by atoms with Crippen molar-refractivity contribution >= 4 is 44.0 Å². The van der Waals surface area contributed by atoms with Crippen molar-refractivity contribution in [1.29, 1.82) is 0 Å². The smallest absolute Gasteiger partial charge is 0.339 e. The summed E-state index contributed by atoms with van der Waals surface area (Å²) in [6.45, 7) is 0. The molecule has 108 valence electrons. The van der Waals surface area contributed by atoms with Gasteiger partial charge in [0.2, 0.25) is 0 Å². The number of carbonyl (C=O) groups is 1. The quantitative estimate of drug-likeness (QED) is 0.584. The third-order valence-corrected chi connectivity index (χ3v) is 3.72. The molecular weight excluding hydrogens is 406 g/mol. The Morgan fingerprint density at radius 3 is 2.43 bits per heavy atom. The zero-order valence-corrected chi connectivity index (χ0v) is 13.6. The maximum atomic E-state index is 11.0. The fourth-order valence-electron chi connectivity index (χ4n) is 1.53. The lowest BCUT2D eigenvalue weighted by Gasteiger charge is -2.03. The van der Waals surface area contributed by atoms with Crippen molar-refractivity contribution in [3.8, 4) is 11.5 Å². The Kier molecular flexibility index (Phi) is 4.98. The first-order valence-corrected chi connectivity index (χ1v) is 7.28. The van der Waals surface area contributed by atoms with E-state index in [1.165, 1.54) is 18.3 Å². The number of aromatic hydroxyl groups is 1. The molecule has 0 aliphatic rings. The lowest BCUT2D eigenvalue weighted by Crippen LogP contribution is -1.99. The van der Waals surface area contributed by atoms with Gasteiger partial charge in [-0.3, -0.25) is 0 Å². The average Bonchev–Trinajstić information content (AvgIpc) is 2.45. The molecule has 2 aromatic carbocycles. The highest BCUT2D eigenvalue weighted by molar-refractivity contribution is 9.11. The van der Waals surface area contributed by atoms with Crippen LogP contribution in [0.3, 0.4) is 0 Å². The largest absolute Gasteiger partial charge is 0.506 e. The van der Waals surface area contributed by atoms with Crippen LogP contribution in [-0.4, -0.2) is 22.4 Å². The first kappa shape index (κ1) is 15.5. The number of carboxylic acid groups (broad SMARTS) is 1. The number of nitrogens with zero attached hydrogens (tertiary/aromatic N) is 1. The van der Waals surface area contributed by atoms with E-state index in [0.29, 0.717) is 14.5 Å². The zero-order valence-electron chi connectivity index (χ0n) is 10.5. The third-order valence-electron chi connectivity index (χ3n) is 2.51. The van der Waals surface area contributed by atoms with Crippen molar-refractivity contribution in [3.05, 3.63) is 56.5 Å². The van der Waals surface area contributed by atoms with Crippen LogP contribution in [0.2, 0.25) is 0 Å². The summed E-state index contributed by atoms with van der Waals surface area (Å²) in [5, 5.41) is 22.4. The summed E-state index contributed by atoms with van der Waals surface area (Å²) in [6.07, 6.45) is 1.41. The van der Waals surface area contributed by atoms with E-state index < -0.39 is 5.97 Å². The Morgan fingerprint density at radius 1 is 1.19 bits per heavy atom. The van der Waals surface area contributed by atoms with Gasteiger partial charge < -0.3 is 15.1 Å². The molecule has 2 rings (SSSR count). The van der Waals surface area contributed by atoms with Crippen molar-refractivity contribution in [2.75, 3.05) is 0 Å². The predicted molar refractivity (Wildman–Crippen MR) is 85.1 cm³/mol. The molecule has 0 unspecified atom stereocenters. The molecule has 0 saturated heterocycles. The number of phenolic OH excluding ortho intramolecular Hbond substituents is 1. The molecule has 0 aromatic heterocycles. The molecule has 0 bridgehead atoms. The number of rotatable bonds is 4. The van der Waals surface area contributed by atoms with Gasteiger partial charge in [-0.25, -0.2) is 4.79 Å². The van der Waals surface area contributed by atoms with Crippen molar-refractivity contribution in [2.45, 2.75) is 0 Å². The molecular formula is C14H9Br2NO4. The number of aromatic carboxylic acids is 1. The number of halogens is 2. The van der Waals surface area contributed by atoms with Crippen molar-refractivity contribution in [3.63, 3.8) is 0 Å². The summed E-state index contributed by atoms with van der Waals surface area (Å²) in [5.41, 5.74) is 0.696. The number of para-hydroxylation sites is 1. The Morgan fingerprint density at radius 2 is 1.81 bits per heavy atom. The SMILES string of the molecule is O=C(O)c1ccccc1O/N=C/c1cc(Br)c(O)c(Br)c1. The molecule has 0 fully saturated rings. The van der Waals surface area contributed by atoms with Crippen LogP contribution in [0.1, 0.15) is 15.9 Å². The van der Waals surface area contributed by atoms with Gasteiger partial charge in [0, 0.05) is 0 Å². The van der Waals surface area contributed by atoms with Gasteiger partial charge in [0.25, 0.3) is 0 Å². The van der Waals surface area contributed by atoms with Crippen molar-refractivity contribution in [1.82, 2.24) is 0 Å². The van der Waals surface area contributed by atoms with E-state index in [1.807, 2.05) is 0 Å². The van der Waals surface area contributed by atoms with Crippen LogP contribution in [0.15, 0.2) is 50.5 Å². The lowest BCUT2D eigenvalue weighted by molar-refractivity contribution is 0.0692.